The molecule has 0 amide bonds. The van der Waals surface area contributed by atoms with Crippen LogP contribution in [-0.4, -0.2) is 4.92 Å². The van der Waals surface area contributed by atoms with E-state index in [-0.39, 0.29) is 10.6 Å². The molecule has 0 unspecified atom stereocenters. The lowest BCUT2D eigenvalue weighted by atomic mass is 10.1. The molecule has 2 aromatic rings. The normalized spacial score (nSPS) is 9.68. The van der Waals surface area contributed by atoms with Crippen LogP contribution in [0.3, 0.4) is 0 Å². The first-order valence-electron chi connectivity index (χ1n) is 5.85. The Morgan fingerprint density at radius 2 is 1.58 bits per heavy atom. The van der Waals surface area contributed by atoms with Crippen LogP contribution < -0.4 is 0 Å². The van der Waals surface area contributed by atoms with Gasteiger partial charge >= 0.3 is 0 Å². The van der Waals surface area contributed by atoms with E-state index in [1.54, 1.807) is 18.2 Å². The zero-order chi connectivity index (χ0) is 13.5. The number of nitro groups is 1. The summed E-state index contributed by atoms with van der Waals surface area (Å²) in [6.07, 6.45) is 0.566. The van der Waals surface area contributed by atoms with E-state index in [9.17, 15) is 10.1 Å². The molecule has 0 aliphatic rings. The van der Waals surface area contributed by atoms with Gasteiger partial charge in [-0.15, -0.1) is 11.3 Å². The monoisotopic (exact) mass is 271 g/mol. The number of benzene rings is 1. The summed E-state index contributed by atoms with van der Waals surface area (Å²) in [5, 5.41) is 13.0. The van der Waals surface area contributed by atoms with Crippen LogP contribution in [0.5, 0.6) is 0 Å². The zero-order valence-corrected chi connectivity index (χ0v) is 11.0. The summed E-state index contributed by atoms with van der Waals surface area (Å²) in [5.74, 6) is 0. The third-order valence-electron chi connectivity index (χ3n) is 2.57. The summed E-state index contributed by atoms with van der Waals surface area (Å²) in [6.45, 7) is 0. The Hall–Kier alpha value is -2.20. The van der Waals surface area contributed by atoms with E-state index in [0.29, 0.717) is 6.42 Å². The molecule has 0 saturated heterocycles. The maximum Gasteiger partial charge on any atom is 0.282 e. The molecule has 4 heteroatoms. The lowest BCUT2D eigenvalue weighted by Crippen LogP contribution is -1.93. The van der Waals surface area contributed by atoms with Gasteiger partial charge < -0.3 is 0 Å². The lowest BCUT2D eigenvalue weighted by Gasteiger charge is -2.00. The van der Waals surface area contributed by atoms with Gasteiger partial charge in [0, 0.05) is 12.5 Å². The highest BCUT2D eigenvalue weighted by Crippen LogP contribution is 2.22. The maximum absolute atomic E-state index is 11.2. The molecule has 1 heterocycles. The molecule has 1 aromatic heterocycles. The van der Waals surface area contributed by atoms with Gasteiger partial charge in [0.15, 0.2) is 0 Å². The van der Waals surface area contributed by atoms with Crippen molar-refractivity contribution in [2.24, 2.45) is 0 Å². The molecular weight excluding hydrogens is 258 g/mol. The smallest absolute Gasteiger partial charge is 0.258 e. The summed E-state index contributed by atoms with van der Waals surface area (Å²) in [5.41, 5.74) is 1.23. The Balaban J connectivity index is 2.49. The van der Waals surface area contributed by atoms with Crippen LogP contribution in [-0.2, 0) is 6.42 Å². The maximum atomic E-state index is 11.2. The van der Waals surface area contributed by atoms with E-state index in [1.807, 2.05) is 47.8 Å². The molecule has 0 N–H and O–H groups in total. The summed E-state index contributed by atoms with van der Waals surface area (Å²) in [6, 6.07) is 18.5. The van der Waals surface area contributed by atoms with Crippen molar-refractivity contribution in [2.75, 3.05) is 0 Å². The molecule has 0 aliphatic heterocycles. The number of nitrogens with zero attached hydrogens (tertiary/aromatic N) is 1. The number of hydrogen-bond acceptors (Lipinski definition) is 3. The first-order valence-corrected chi connectivity index (χ1v) is 6.73. The van der Waals surface area contributed by atoms with Crippen LogP contribution in [0.1, 0.15) is 10.4 Å². The van der Waals surface area contributed by atoms with Crippen LogP contribution in [0.15, 0.2) is 66.0 Å². The van der Waals surface area contributed by atoms with Crippen LogP contribution in [0.25, 0.3) is 0 Å². The fraction of sp³-hybridized carbons (Fsp3) is 0.0667. The average Bonchev–Trinajstić information content (AvgIpc) is 2.52. The van der Waals surface area contributed by atoms with Gasteiger partial charge in [0.2, 0.25) is 0 Å². The first-order chi connectivity index (χ1) is 9.27. The minimum absolute atomic E-state index is 0.157. The highest BCUT2D eigenvalue weighted by Gasteiger charge is 2.11. The molecule has 3 nitrogen and oxygen atoms in total. The van der Waals surface area contributed by atoms with Crippen molar-refractivity contribution < 1.29 is 4.92 Å². The van der Waals surface area contributed by atoms with Crippen molar-refractivity contribution in [1.82, 2.24) is 0 Å². The van der Waals surface area contributed by atoms with Crippen molar-refractivity contribution in [1.29, 1.82) is 0 Å². The summed E-state index contributed by atoms with van der Waals surface area (Å²) in [7, 11) is 0. The van der Waals surface area contributed by atoms with E-state index < -0.39 is 0 Å². The number of hydrogen-bond donors (Lipinski definition) is 0. The van der Waals surface area contributed by atoms with Gasteiger partial charge in [-0.3, -0.25) is 10.1 Å². The Kier molecular flexibility index (Phi) is 4.64. The van der Waals surface area contributed by atoms with Gasteiger partial charge in [-0.1, -0.05) is 54.6 Å². The van der Waals surface area contributed by atoms with E-state index >= 15 is 0 Å². The summed E-state index contributed by atoms with van der Waals surface area (Å²) in [4.78, 5) is 11.6. The Bertz CT molecular complexity index is 606. The standard InChI is InChI=1S/C15H13NO2S/c17-16(18)14-10-6-1-2-7-11-19-15(14)12-13-8-4-3-5-9-13/h1-11H,12H2. The van der Waals surface area contributed by atoms with Crippen molar-refractivity contribution >= 4 is 17.0 Å². The predicted molar refractivity (Wildman–Crippen MR) is 77.8 cm³/mol. The number of rotatable bonds is 3. The fourth-order valence-electron chi connectivity index (χ4n) is 1.67. The molecule has 2 rings (SSSR count). The minimum Gasteiger partial charge on any atom is -0.258 e. The van der Waals surface area contributed by atoms with Gasteiger partial charge in [-0.25, -0.2) is 0 Å². The summed E-state index contributed by atoms with van der Waals surface area (Å²) < 4.78 is 0. The van der Waals surface area contributed by atoms with E-state index in [0.717, 1.165) is 10.4 Å². The Labute approximate surface area is 115 Å². The third kappa shape index (κ3) is 3.89. The van der Waals surface area contributed by atoms with Gasteiger partial charge in [0.25, 0.3) is 5.69 Å². The van der Waals surface area contributed by atoms with Crippen molar-refractivity contribution in [3.63, 3.8) is 0 Å². The lowest BCUT2D eigenvalue weighted by molar-refractivity contribution is -0.385. The first kappa shape index (κ1) is 13.2. The van der Waals surface area contributed by atoms with Crippen molar-refractivity contribution in [2.45, 2.75) is 6.42 Å². The van der Waals surface area contributed by atoms with Crippen LogP contribution in [0.2, 0.25) is 0 Å². The Morgan fingerprint density at radius 3 is 2.32 bits per heavy atom. The van der Waals surface area contributed by atoms with Crippen LogP contribution in [0.4, 0.5) is 5.69 Å². The van der Waals surface area contributed by atoms with E-state index in [2.05, 4.69) is 0 Å². The van der Waals surface area contributed by atoms with Crippen LogP contribution >= 0.6 is 11.3 Å². The second-order valence-corrected chi connectivity index (χ2v) is 4.92. The van der Waals surface area contributed by atoms with E-state index in [1.165, 1.54) is 11.3 Å². The second kappa shape index (κ2) is 6.66. The largest absolute Gasteiger partial charge is 0.282 e. The fourth-order valence-corrected chi connectivity index (χ4v) is 2.52. The summed E-state index contributed by atoms with van der Waals surface area (Å²) >= 11 is 1.40. The molecule has 0 fully saturated rings. The van der Waals surface area contributed by atoms with Gasteiger partial charge in [-0.05, 0) is 10.9 Å². The van der Waals surface area contributed by atoms with Crippen molar-refractivity contribution in [3.05, 3.63) is 86.6 Å². The Morgan fingerprint density at radius 1 is 0.947 bits per heavy atom. The molecule has 0 saturated carbocycles. The molecule has 0 atom stereocenters. The molecule has 0 radical (unpaired) electrons. The molecule has 19 heavy (non-hydrogen) atoms. The third-order valence-corrected chi connectivity index (χ3v) is 3.50. The molecular formula is C15H13NO2S. The topological polar surface area (TPSA) is 43.1 Å². The quantitative estimate of drug-likeness (QED) is 0.614. The predicted octanol–water partition coefficient (Wildman–Crippen LogP) is 4.37. The molecule has 0 spiro atoms. The highest BCUT2D eigenvalue weighted by molar-refractivity contribution is 7.09. The van der Waals surface area contributed by atoms with Gasteiger partial charge in [0.1, 0.15) is 0 Å². The minimum atomic E-state index is -0.325. The van der Waals surface area contributed by atoms with E-state index in [4.69, 9.17) is 0 Å². The second-order valence-electron chi connectivity index (χ2n) is 3.92. The van der Waals surface area contributed by atoms with Crippen molar-refractivity contribution in [3.8, 4) is 0 Å². The molecule has 1 aromatic carbocycles. The van der Waals surface area contributed by atoms with Gasteiger partial charge in [0.05, 0.1) is 9.80 Å². The molecule has 96 valence electrons. The average molecular weight is 271 g/mol. The zero-order valence-electron chi connectivity index (χ0n) is 10.2. The SMILES string of the molecule is O=[N+]([O-])c1ccccccsc1Cc1ccccc1. The highest BCUT2D eigenvalue weighted by atomic mass is 32.1. The molecule has 0 bridgehead atoms. The van der Waals surface area contributed by atoms with Gasteiger partial charge in [-0.2, -0.15) is 0 Å². The molecule has 0 aliphatic carbocycles. The van der Waals surface area contributed by atoms with Crippen LogP contribution in [0, 0.1) is 10.1 Å².